The lowest BCUT2D eigenvalue weighted by Crippen LogP contribution is -2.42. The molecule has 0 saturated carbocycles. The minimum Gasteiger partial charge on any atom is -0.325 e. The van der Waals surface area contributed by atoms with Crippen LogP contribution in [0.4, 0.5) is 0 Å². The van der Waals surface area contributed by atoms with Gasteiger partial charge in [-0.1, -0.05) is 95.5 Å². The third-order valence-corrected chi connectivity index (χ3v) is 3.69. The standard InChI is InChI=1S/C16H12Cl3N3/c17-16(18,19)15-21-13(11-7-3-1-4-8-11)20-14(22-15)12-9-5-2-6-10-12/h1-10,13H,(H,20,21,22). The first-order chi connectivity index (χ1) is 10.5. The van der Waals surface area contributed by atoms with E-state index in [0.29, 0.717) is 5.84 Å². The molecule has 2 aromatic carbocycles. The van der Waals surface area contributed by atoms with E-state index in [-0.39, 0.29) is 5.84 Å². The number of benzene rings is 2. The smallest absolute Gasteiger partial charge is 0.247 e. The molecule has 112 valence electrons. The minimum absolute atomic E-state index is 0.264. The average molecular weight is 353 g/mol. The van der Waals surface area contributed by atoms with Gasteiger partial charge < -0.3 is 5.32 Å². The number of hydrogen-bond donors (Lipinski definition) is 1. The summed E-state index contributed by atoms with van der Waals surface area (Å²) in [6.07, 6.45) is -0.441. The Balaban J connectivity index is 2.03. The summed E-state index contributed by atoms with van der Waals surface area (Å²) < 4.78 is -1.64. The maximum atomic E-state index is 6.00. The lowest BCUT2D eigenvalue weighted by atomic mass is 10.1. The fourth-order valence-electron chi connectivity index (χ4n) is 2.11. The molecular weight excluding hydrogens is 341 g/mol. The molecule has 1 N–H and O–H groups in total. The first kappa shape index (κ1) is 15.3. The number of aliphatic imine (C=N–C) groups is 2. The number of nitrogens with one attached hydrogen (secondary N) is 1. The summed E-state index contributed by atoms with van der Waals surface area (Å²) in [4.78, 5) is 9.05. The first-order valence-corrected chi connectivity index (χ1v) is 7.77. The van der Waals surface area contributed by atoms with Crippen molar-refractivity contribution < 1.29 is 0 Å². The Morgan fingerprint density at radius 2 is 1.41 bits per heavy atom. The average Bonchev–Trinajstić information content (AvgIpc) is 2.55. The number of halogens is 3. The van der Waals surface area contributed by atoms with Crippen LogP contribution in [0, 0.1) is 0 Å². The zero-order valence-electron chi connectivity index (χ0n) is 11.4. The van der Waals surface area contributed by atoms with Crippen LogP contribution in [0.1, 0.15) is 17.3 Å². The molecule has 1 heterocycles. The first-order valence-electron chi connectivity index (χ1n) is 6.64. The van der Waals surface area contributed by atoms with Crippen LogP contribution < -0.4 is 5.32 Å². The predicted octanol–water partition coefficient (Wildman–Crippen LogP) is 4.50. The van der Waals surface area contributed by atoms with Gasteiger partial charge in [0.1, 0.15) is 5.84 Å². The Hall–Kier alpha value is -1.55. The van der Waals surface area contributed by atoms with Gasteiger partial charge in [0.2, 0.25) is 3.79 Å². The summed E-state index contributed by atoms with van der Waals surface area (Å²) in [5.41, 5.74) is 1.84. The van der Waals surface area contributed by atoms with Gasteiger partial charge >= 0.3 is 0 Å². The summed E-state index contributed by atoms with van der Waals surface area (Å²) in [5.74, 6) is 0.894. The third kappa shape index (κ3) is 3.43. The van der Waals surface area contributed by atoms with Crippen molar-refractivity contribution in [1.29, 1.82) is 0 Å². The van der Waals surface area contributed by atoms with Crippen LogP contribution in [0.15, 0.2) is 70.6 Å². The van der Waals surface area contributed by atoms with Crippen LogP contribution in [0.2, 0.25) is 0 Å². The molecule has 1 atom stereocenters. The Morgan fingerprint density at radius 3 is 2.00 bits per heavy atom. The number of rotatable bonds is 2. The van der Waals surface area contributed by atoms with Crippen LogP contribution in [0.25, 0.3) is 0 Å². The molecule has 0 aromatic heterocycles. The molecule has 1 aliphatic heterocycles. The number of amidine groups is 2. The topological polar surface area (TPSA) is 36.8 Å². The normalized spacial score (nSPS) is 18.2. The van der Waals surface area contributed by atoms with Gasteiger partial charge in [0, 0.05) is 5.56 Å². The van der Waals surface area contributed by atoms with Gasteiger partial charge in [-0.2, -0.15) is 0 Å². The lowest BCUT2D eigenvalue weighted by molar-refractivity contribution is 0.751. The SMILES string of the molecule is ClC(Cl)(Cl)C1=NC(c2ccccc2)N=C(c2ccccc2)N1. The number of hydrogen-bond acceptors (Lipinski definition) is 3. The molecular formula is C16H12Cl3N3. The van der Waals surface area contributed by atoms with Crippen molar-refractivity contribution in [2.45, 2.75) is 9.96 Å². The van der Waals surface area contributed by atoms with Gasteiger partial charge in [0.25, 0.3) is 0 Å². The highest BCUT2D eigenvalue weighted by molar-refractivity contribution is 6.77. The Bertz CT molecular complexity index is 706. The van der Waals surface area contributed by atoms with E-state index in [2.05, 4.69) is 15.3 Å². The number of alkyl halides is 3. The fraction of sp³-hybridized carbons (Fsp3) is 0.125. The van der Waals surface area contributed by atoms with Crippen molar-refractivity contribution >= 4 is 46.5 Å². The molecule has 0 fully saturated rings. The molecule has 0 aliphatic carbocycles. The molecule has 0 radical (unpaired) electrons. The highest BCUT2D eigenvalue weighted by atomic mass is 35.6. The van der Waals surface area contributed by atoms with Crippen molar-refractivity contribution in [2.24, 2.45) is 9.98 Å². The summed E-state index contributed by atoms with van der Waals surface area (Å²) in [6.45, 7) is 0. The summed E-state index contributed by atoms with van der Waals surface area (Å²) in [5, 5.41) is 3.01. The quantitative estimate of drug-likeness (QED) is 0.794. The second-order valence-electron chi connectivity index (χ2n) is 4.73. The molecule has 0 spiro atoms. The molecule has 0 amide bonds. The van der Waals surface area contributed by atoms with E-state index in [0.717, 1.165) is 11.1 Å². The second kappa shape index (κ2) is 6.29. The van der Waals surface area contributed by atoms with Crippen molar-refractivity contribution in [3.63, 3.8) is 0 Å². The molecule has 3 rings (SSSR count). The molecule has 0 saturated heterocycles. The maximum Gasteiger partial charge on any atom is 0.247 e. The van der Waals surface area contributed by atoms with Gasteiger partial charge in [0.05, 0.1) is 0 Å². The molecule has 22 heavy (non-hydrogen) atoms. The van der Waals surface area contributed by atoms with Crippen LogP contribution in [0.3, 0.4) is 0 Å². The highest BCUT2D eigenvalue weighted by Crippen LogP contribution is 2.32. The zero-order valence-corrected chi connectivity index (χ0v) is 13.6. The predicted molar refractivity (Wildman–Crippen MR) is 93.0 cm³/mol. The monoisotopic (exact) mass is 351 g/mol. The van der Waals surface area contributed by atoms with Gasteiger partial charge in [-0.25, -0.2) is 9.98 Å². The highest BCUT2D eigenvalue weighted by Gasteiger charge is 2.33. The van der Waals surface area contributed by atoms with E-state index in [1.165, 1.54) is 0 Å². The molecule has 3 nitrogen and oxygen atoms in total. The van der Waals surface area contributed by atoms with E-state index >= 15 is 0 Å². The zero-order chi connectivity index (χ0) is 15.6. The molecule has 1 unspecified atom stereocenters. The van der Waals surface area contributed by atoms with E-state index in [4.69, 9.17) is 34.8 Å². The minimum atomic E-state index is -1.64. The Morgan fingerprint density at radius 1 is 0.818 bits per heavy atom. The van der Waals surface area contributed by atoms with Gasteiger partial charge in [-0.05, 0) is 5.56 Å². The molecule has 2 aromatic rings. The van der Waals surface area contributed by atoms with Crippen LogP contribution in [-0.4, -0.2) is 15.5 Å². The summed E-state index contributed by atoms with van der Waals surface area (Å²) in [7, 11) is 0. The largest absolute Gasteiger partial charge is 0.325 e. The van der Waals surface area contributed by atoms with Gasteiger partial charge in [-0.3, -0.25) is 0 Å². The van der Waals surface area contributed by atoms with Crippen LogP contribution in [0.5, 0.6) is 0 Å². The van der Waals surface area contributed by atoms with E-state index < -0.39 is 9.96 Å². The van der Waals surface area contributed by atoms with Gasteiger partial charge in [-0.15, -0.1) is 0 Å². The van der Waals surface area contributed by atoms with Crippen LogP contribution >= 0.6 is 34.8 Å². The summed E-state index contributed by atoms with van der Waals surface area (Å²) >= 11 is 18.0. The van der Waals surface area contributed by atoms with E-state index in [1.807, 2.05) is 60.7 Å². The van der Waals surface area contributed by atoms with E-state index in [9.17, 15) is 0 Å². The Labute approximate surface area is 143 Å². The van der Waals surface area contributed by atoms with Crippen LogP contribution in [-0.2, 0) is 0 Å². The van der Waals surface area contributed by atoms with E-state index in [1.54, 1.807) is 0 Å². The molecule has 6 heteroatoms. The van der Waals surface area contributed by atoms with Gasteiger partial charge in [0.15, 0.2) is 12.0 Å². The number of nitrogens with zero attached hydrogens (tertiary/aromatic N) is 2. The summed E-state index contributed by atoms with van der Waals surface area (Å²) in [6, 6.07) is 19.4. The Kier molecular flexibility index (Phi) is 4.39. The van der Waals surface area contributed by atoms with Crippen molar-refractivity contribution in [2.75, 3.05) is 0 Å². The van der Waals surface area contributed by atoms with Crippen molar-refractivity contribution in [3.05, 3.63) is 71.8 Å². The third-order valence-electron chi connectivity index (χ3n) is 3.15. The lowest BCUT2D eigenvalue weighted by Gasteiger charge is -2.25. The van der Waals surface area contributed by atoms with Crippen molar-refractivity contribution in [1.82, 2.24) is 5.32 Å². The molecule has 0 bridgehead atoms. The fourth-order valence-corrected chi connectivity index (χ4v) is 2.40. The second-order valence-corrected chi connectivity index (χ2v) is 7.01. The maximum absolute atomic E-state index is 6.00. The van der Waals surface area contributed by atoms with Crippen molar-refractivity contribution in [3.8, 4) is 0 Å². The molecule has 1 aliphatic rings.